The molecule has 86 valence electrons. The van der Waals surface area contributed by atoms with E-state index in [1.807, 2.05) is 6.07 Å². The SMILES string of the molecule is CC(C)(C)CCNc1ccc(C#N)c(N)c1. The Labute approximate surface area is 97.3 Å². The van der Waals surface area contributed by atoms with Crippen LogP contribution >= 0.6 is 0 Å². The normalized spacial score (nSPS) is 10.9. The van der Waals surface area contributed by atoms with Gasteiger partial charge in [-0.2, -0.15) is 5.26 Å². The zero-order valence-electron chi connectivity index (χ0n) is 10.2. The number of nitrogens with two attached hydrogens (primary N) is 1. The van der Waals surface area contributed by atoms with Crippen LogP contribution in [0.2, 0.25) is 0 Å². The van der Waals surface area contributed by atoms with Gasteiger partial charge in [0.05, 0.1) is 11.3 Å². The summed E-state index contributed by atoms with van der Waals surface area (Å²) in [6.07, 6.45) is 1.09. The lowest BCUT2D eigenvalue weighted by molar-refractivity contribution is 0.390. The van der Waals surface area contributed by atoms with Gasteiger partial charge in [0.2, 0.25) is 0 Å². The molecule has 1 aromatic rings. The molecule has 0 atom stereocenters. The Morgan fingerprint density at radius 1 is 1.38 bits per heavy atom. The first-order chi connectivity index (χ1) is 7.42. The molecule has 0 fully saturated rings. The Morgan fingerprint density at radius 2 is 2.06 bits per heavy atom. The van der Waals surface area contributed by atoms with Crippen molar-refractivity contribution in [2.24, 2.45) is 5.41 Å². The summed E-state index contributed by atoms with van der Waals surface area (Å²) < 4.78 is 0. The maximum Gasteiger partial charge on any atom is 0.101 e. The van der Waals surface area contributed by atoms with E-state index in [-0.39, 0.29) is 0 Å². The van der Waals surface area contributed by atoms with Gasteiger partial charge in [-0.05, 0) is 30.0 Å². The van der Waals surface area contributed by atoms with Crippen LogP contribution in [0.3, 0.4) is 0 Å². The molecule has 3 N–H and O–H groups in total. The van der Waals surface area contributed by atoms with Crippen LogP contribution in [-0.4, -0.2) is 6.54 Å². The molecule has 0 unspecified atom stereocenters. The quantitative estimate of drug-likeness (QED) is 0.765. The van der Waals surface area contributed by atoms with Crippen molar-refractivity contribution in [2.45, 2.75) is 27.2 Å². The van der Waals surface area contributed by atoms with Gasteiger partial charge >= 0.3 is 0 Å². The summed E-state index contributed by atoms with van der Waals surface area (Å²) in [7, 11) is 0. The van der Waals surface area contributed by atoms with Gasteiger partial charge in [0.15, 0.2) is 0 Å². The maximum atomic E-state index is 8.74. The van der Waals surface area contributed by atoms with Crippen molar-refractivity contribution in [1.29, 1.82) is 5.26 Å². The molecule has 0 amide bonds. The van der Waals surface area contributed by atoms with Gasteiger partial charge in [0.1, 0.15) is 6.07 Å². The fraction of sp³-hybridized carbons (Fsp3) is 0.462. The maximum absolute atomic E-state index is 8.74. The van der Waals surface area contributed by atoms with Crippen LogP contribution in [0.5, 0.6) is 0 Å². The van der Waals surface area contributed by atoms with Gasteiger partial charge in [0.25, 0.3) is 0 Å². The van der Waals surface area contributed by atoms with Crippen molar-refractivity contribution in [3.63, 3.8) is 0 Å². The highest BCUT2D eigenvalue weighted by atomic mass is 14.9. The number of nitrogens with zero attached hydrogens (tertiary/aromatic N) is 1. The first-order valence-electron chi connectivity index (χ1n) is 5.46. The Bertz CT molecular complexity index is 397. The molecular weight excluding hydrogens is 198 g/mol. The van der Waals surface area contributed by atoms with E-state index in [0.717, 1.165) is 18.7 Å². The minimum atomic E-state index is 0.325. The van der Waals surface area contributed by atoms with Gasteiger partial charge in [-0.15, -0.1) is 0 Å². The molecule has 0 spiro atoms. The van der Waals surface area contributed by atoms with E-state index < -0.39 is 0 Å². The zero-order valence-corrected chi connectivity index (χ0v) is 10.2. The number of anilines is 2. The van der Waals surface area contributed by atoms with Crippen molar-refractivity contribution in [2.75, 3.05) is 17.6 Å². The summed E-state index contributed by atoms with van der Waals surface area (Å²) in [5.74, 6) is 0. The van der Waals surface area contributed by atoms with Crippen LogP contribution in [0, 0.1) is 16.7 Å². The monoisotopic (exact) mass is 217 g/mol. The lowest BCUT2D eigenvalue weighted by Gasteiger charge is -2.18. The van der Waals surface area contributed by atoms with Crippen LogP contribution in [0.25, 0.3) is 0 Å². The van der Waals surface area contributed by atoms with Gasteiger partial charge in [-0.3, -0.25) is 0 Å². The molecule has 0 aliphatic heterocycles. The molecule has 0 aliphatic carbocycles. The number of hydrogen-bond donors (Lipinski definition) is 2. The third-order valence-electron chi connectivity index (χ3n) is 2.38. The van der Waals surface area contributed by atoms with Gasteiger partial charge in [0, 0.05) is 12.2 Å². The van der Waals surface area contributed by atoms with E-state index in [0.29, 0.717) is 16.7 Å². The summed E-state index contributed by atoms with van der Waals surface area (Å²) in [6, 6.07) is 7.49. The van der Waals surface area contributed by atoms with Gasteiger partial charge < -0.3 is 11.1 Å². The van der Waals surface area contributed by atoms with Gasteiger partial charge in [-0.25, -0.2) is 0 Å². The summed E-state index contributed by atoms with van der Waals surface area (Å²) in [5, 5.41) is 12.0. The van der Waals surface area contributed by atoms with Crippen molar-refractivity contribution in [1.82, 2.24) is 0 Å². The fourth-order valence-electron chi connectivity index (χ4n) is 1.36. The van der Waals surface area contributed by atoms with Crippen LogP contribution in [-0.2, 0) is 0 Å². The molecule has 0 radical (unpaired) electrons. The Hall–Kier alpha value is -1.69. The number of hydrogen-bond acceptors (Lipinski definition) is 3. The van der Waals surface area contributed by atoms with Crippen molar-refractivity contribution in [3.8, 4) is 6.07 Å². The van der Waals surface area contributed by atoms with Crippen LogP contribution in [0.4, 0.5) is 11.4 Å². The Kier molecular flexibility index (Phi) is 3.78. The second-order valence-corrected chi connectivity index (χ2v) is 5.15. The minimum Gasteiger partial charge on any atom is -0.398 e. The Morgan fingerprint density at radius 3 is 2.56 bits per heavy atom. The lowest BCUT2D eigenvalue weighted by Crippen LogP contribution is -2.12. The second kappa shape index (κ2) is 4.89. The molecule has 16 heavy (non-hydrogen) atoms. The average Bonchev–Trinajstić information content (AvgIpc) is 2.16. The second-order valence-electron chi connectivity index (χ2n) is 5.15. The first kappa shape index (κ1) is 12.4. The summed E-state index contributed by atoms with van der Waals surface area (Å²) in [6.45, 7) is 7.54. The van der Waals surface area contributed by atoms with Crippen LogP contribution in [0.1, 0.15) is 32.8 Å². The highest BCUT2D eigenvalue weighted by Crippen LogP contribution is 2.20. The van der Waals surface area contributed by atoms with E-state index in [1.54, 1.807) is 12.1 Å². The predicted molar refractivity (Wildman–Crippen MR) is 68.1 cm³/mol. The van der Waals surface area contributed by atoms with Gasteiger partial charge in [-0.1, -0.05) is 20.8 Å². The number of nitriles is 1. The molecule has 0 aromatic heterocycles. The third kappa shape index (κ3) is 3.82. The predicted octanol–water partition coefficient (Wildman–Crippen LogP) is 2.99. The number of nitrogens with one attached hydrogen (secondary N) is 1. The van der Waals surface area contributed by atoms with E-state index in [2.05, 4.69) is 32.2 Å². The number of benzene rings is 1. The largest absolute Gasteiger partial charge is 0.398 e. The average molecular weight is 217 g/mol. The summed E-state index contributed by atoms with van der Waals surface area (Å²) in [4.78, 5) is 0. The van der Waals surface area contributed by atoms with Crippen LogP contribution < -0.4 is 11.1 Å². The van der Waals surface area contributed by atoms with Crippen molar-refractivity contribution >= 4 is 11.4 Å². The van der Waals surface area contributed by atoms with E-state index in [1.165, 1.54) is 0 Å². The highest BCUT2D eigenvalue weighted by molar-refractivity contribution is 5.62. The van der Waals surface area contributed by atoms with Crippen molar-refractivity contribution in [3.05, 3.63) is 23.8 Å². The fourth-order valence-corrected chi connectivity index (χ4v) is 1.36. The van der Waals surface area contributed by atoms with E-state index >= 15 is 0 Å². The Balaban J connectivity index is 2.57. The minimum absolute atomic E-state index is 0.325. The van der Waals surface area contributed by atoms with Crippen LogP contribution in [0.15, 0.2) is 18.2 Å². The zero-order chi connectivity index (χ0) is 12.2. The lowest BCUT2D eigenvalue weighted by atomic mass is 9.92. The van der Waals surface area contributed by atoms with E-state index in [4.69, 9.17) is 11.0 Å². The highest BCUT2D eigenvalue weighted by Gasteiger charge is 2.09. The molecule has 1 rings (SSSR count). The number of nitrogen functional groups attached to an aromatic ring is 1. The molecule has 0 aliphatic rings. The van der Waals surface area contributed by atoms with Crippen molar-refractivity contribution < 1.29 is 0 Å². The first-order valence-corrected chi connectivity index (χ1v) is 5.46. The standard InChI is InChI=1S/C13H19N3/c1-13(2,3)6-7-16-11-5-4-10(9-14)12(15)8-11/h4-5,8,16H,6-7,15H2,1-3H3. The topological polar surface area (TPSA) is 61.8 Å². The summed E-state index contributed by atoms with van der Waals surface area (Å²) in [5.41, 5.74) is 8.08. The van der Waals surface area contributed by atoms with E-state index in [9.17, 15) is 0 Å². The number of rotatable bonds is 3. The molecule has 0 saturated heterocycles. The smallest absolute Gasteiger partial charge is 0.101 e. The molecule has 0 heterocycles. The molecule has 3 heteroatoms. The molecule has 0 saturated carbocycles. The molecule has 1 aromatic carbocycles. The molecule has 3 nitrogen and oxygen atoms in total. The third-order valence-corrected chi connectivity index (χ3v) is 2.38. The summed E-state index contributed by atoms with van der Waals surface area (Å²) >= 11 is 0. The molecular formula is C13H19N3. The molecule has 0 bridgehead atoms.